The normalized spacial score (nSPS) is 12.1. The van der Waals surface area contributed by atoms with Crippen LogP contribution in [0.15, 0.2) is 41.8 Å². The lowest BCUT2D eigenvalue weighted by Crippen LogP contribution is -2.30. The monoisotopic (exact) mass is 273 g/mol. The number of thiophene rings is 1. The van der Waals surface area contributed by atoms with Crippen LogP contribution in [0.25, 0.3) is 0 Å². The Morgan fingerprint density at radius 1 is 1.32 bits per heavy atom. The maximum Gasteiger partial charge on any atom is 0.122 e. The molecular formula is C15H19N3S. The second-order valence-electron chi connectivity index (χ2n) is 4.70. The smallest absolute Gasteiger partial charge is 0.122 e. The van der Waals surface area contributed by atoms with E-state index in [9.17, 15) is 0 Å². The fraction of sp³-hybridized carbons (Fsp3) is 0.267. The molecule has 0 radical (unpaired) electrons. The van der Waals surface area contributed by atoms with Crippen LogP contribution in [0.5, 0.6) is 0 Å². The molecule has 0 fully saturated rings. The third-order valence-corrected chi connectivity index (χ3v) is 4.22. The van der Waals surface area contributed by atoms with Crippen molar-refractivity contribution in [2.75, 3.05) is 11.9 Å². The van der Waals surface area contributed by atoms with Gasteiger partial charge in [0.2, 0.25) is 0 Å². The highest BCUT2D eigenvalue weighted by molar-refractivity contribution is 7.09. The summed E-state index contributed by atoms with van der Waals surface area (Å²) in [5, 5.41) is 9.51. The number of nitrogen functional groups attached to an aromatic ring is 1. The van der Waals surface area contributed by atoms with Crippen LogP contribution in [-0.2, 0) is 6.42 Å². The first kappa shape index (κ1) is 13.6. The van der Waals surface area contributed by atoms with Crippen LogP contribution in [0, 0.1) is 5.41 Å². The molecule has 0 aliphatic rings. The number of nitrogens with one attached hydrogen (secondary N) is 1. The lowest BCUT2D eigenvalue weighted by Gasteiger charge is -2.27. The van der Waals surface area contributed by atoms with Crippen LogP contribution in [0.1, 0.15) is 17.4 Å². The molecule has 19 heavy (non-hydrogen) atoms. The predicted octanol–water partition coefficient (Wildman–Crippen LogP) is 3.10. The first-order valence-electron chi connectivity index (χ1n) is 6.27. The summed E-state index contributed by atoms with van der Waals surface area (Å²) in [6.45, 7) is 2.22. The van der Waals surface area contributed by atoms with E-state index >= 15 is 0 Å². The molecule has 0 bridgehead atoms. The van der Waals surface area contributed by atoms with Crippen LogP contribution < -0.4 is 10.6 Å². The van der Waals surface area contributed by atoms with E-state index in [1.807, 2.05) is 24.3 Å². The zero-order valence-electron chi connectivity index (χ0n) is 11.3. The van der Waals surface area contributed by atoms with Crippen LogP contribution in [0.4, 0.5) is 5.69 Å². The second kappa shape index (κ2) is 5.89. The van der Waals surface area contributed by atoms with Gasteiger partial charge in [0, 0.05) is 35.6 Å². The number of amidine groups is 1. The Balaban J connectivity index is 2.06. The largest absolute Gasteiger partial charge is 0.384 e. The molecule has 0 spiro atoms. The fourth-order valence-corrected chi connectivity index (χ4v) is 2.81. The van der Waals surface area contributed by atoms with Gasteiger partial charge in [0.25, 0.3) is 0 Å². The topological polar surface area (TPSA) is 53.1 Å². The first-order valence-corrected chi connectivity index (χ1v) is 7.15. The van der Waals surface area contributed by atoms with E-state index in [0.29, 0.717) is 6.04 Å². The van der Waals surface area contributed by atoms with Crippen molar-refractivity contribution in [2.24, 2.45) is 5.73 Å². The molecule has 0 aliphatic heterocycles. The van der Waals surface area contributed by atoms with Crippen LogP contribution >= 0.6 is 11.3 Å². The highest BCUT2D eigenvalue weighted by Gasteiger charge is 2.11. The average Bonchev–Trinajstić information content (AvgIpc) is 2.90. The molecule has 3 nitrogen and oxygen atoms in total. The molecule has 100 valence electrons. The van der Waals surface area contributed by atoms with Gasteiger partial charge >= 0.3 is 0 Å². The Morgan fingerprint density at radius 3 is 2.53 bits per heavy atom. The van der Waals surface area contributed by atoms with Crippen LogP contribution in [-0.4, -0.2) is 18.9 Å². The molecule has 1 unspecified atom stereocenters. The molecule has 1 aromatic carbocycles. The summed E-state index contributed by atoms with van der Waals surface area (Å²) in [5.74, 6) is 0.112. The van der Waals surface area contributed by atoms with Crippen molar-refractivity contribution in [3.05, 3.63) is 52.2 Å². The third-order valence-electron chi connectivity index (χ3n) is 3.32. The van der Waals surface area contributed by atoms with Crippen molar-refractivity contribution in [3.63, 3.8) is 0 Å². The number of benzene rings is 1. The molecule has 1 heterocycles. The minimum Gasteiger partial charge on any atom is -0.384 e. The Labute approximate surface area is 118 Å². The zero-order valence-corrected chi connectivity index (χ0v) is 12.1. The molecule has 2 rings (SSSR count). The van der Waals surface area contributed by atoms with E-state index in [4.69, 9.17) is 11.1 Å². The van der Waals surface area contributed by atoms with E-state index in [1.165, 1.54) is 4.88 Å². The molecule has 2 aromatic rings. The molecule has 4 heteroatoms. The fourth-order valence-electron chi connectivity index (χ4n) is 1.99. The Kier molecular flexibility index (Phi) is 4.22. The quantitative estimate of drug-likeness (QED) is 0.649. The molecule has 1 aromatic heterocycles. The molecule has 0 amide bonds. The highest BCUT2D eigenvalue weighted by atomic mass is 32.1. The average molecular weight is 273 g/mol. The number of likely N-dealkylation sites (N-methyl/N-ethyl adjacent to an activating group) is 1. The van der Waals surface area contributed by atoms with Crippen molar-refractivity contribution in [2.45, 2.75) is 19.4 Å². The van der Waals surface area contributed by atoms with E-state index in [-0.39, 0.29) is 5.84 Å². The van der Waals surface area contributed by atoms with E-state index in [2.05, 4.69) is 36.4 Å². The Morgan fingerprint density at radius 2 is 2.00 bits per heavy atom. The maximum atomic E-state index is 7.39. The van der Waals surface area contributed by atoms with Crippen molar-refractivity contribution >= 4 is 22.9 Å². The number of anilines is 1. The maximum absolute atomic E-state index is 7.39. The van der Waals surface area contributed by atoms with Crippen molar-refractivity contribution in [1.29, 1.82) is 5.41 Å². The number of rotatable bonds is 5. The summed E-state index contributed by atoms with van der Waals surface area (Å²) in [6, 6.07) is 12.5. The molecular weight excluding hydrogens is 254 g/mol. The van der Waals surface area contributed by atoms with Gasteiger partial charge in [0.05, 0.1) is 0 Å². The molecule has 1 atom stereocenters. The summed E-state index contributed by atoms with van der Waals surface area (Å²) in [5.41, 5.74) is 7.38. The van der Waals surface area contributed by atoms with E-state index in [1.54, 1.807) is 11.3 Å². The second-order valence-corrected chi connectivity index (χ2v) is 5.74. The number of nitrogens with zero attached hydrogens (tertiary/aromatic N) is 1. The van der Waals surface area contributed by atoms with Gasteiger partial charge in [-0.1, -0.05) is 6.07 Å². The molecule has 0 aliphatic carbocycles. The Bertz CT molecular complexity index is 531. The summed E-state index contributed by atoms with van der Waals surface area (Å²) < 4.78 is 0. The van der Waals surface area contributed by atoms with Gasteiger partial charge in [-0.2, -0.15) is 0 Å². The predicted molar refractivity (Wildman–Crippen MR) is 83.3 cm³/mol. The summed E-state index contributed by atoms with van der Waals surface area (Å²) in [4.78, 5) is 3.66. The lowest BCUT2D eigenvalue weighted by atomic mass is 10.1. The highest BCUT2D eigenvalue weighted by Crippen LogP contribution is 2.19. The van der Waals surface area contributed by atoms with Gasteiger partial charge in [-0.25, -0.2) is 0 Å². The number of hydrogen-bond donors (Lipinski definition) is 2. The Hall–Kier alpha value is -1.81. The SMILES string of the molecule is CC(Cc1cccs1)N(C)c1ccc(C(=N)N)cc1. The number of nitrogens with two attached hydrogens (primary N) is 1. The molecule has 0 saturated carbocycles. The molecule has 0 saturated heterocycles. The van der Waals surface area contributed by atoms with Crippen molar-refractivity contribution in [1.82, 2.24) is 0 Å². The molecule has 3 N–H and O–H groups in total. The summed E-state index contributed by atoms with van der Waals surface area (Å²) >= 11 is 1.80. The van der Waals surface area contributed by atoms with E-state index in [0.717, 1.165) is 17.7 Å². The third kappa shape index (κ3) is 3.35. The van der Waals surface area contributed by atoms with Gasteiger partial charge in [-0.15, -0.1) is 11.3 Å². The minimum absolute atomic E-state index is 0.112. The van der Waals surface area contributed by atoms with Gasteiger partial charge in [-0.3, -0.25) is 5.41 Å². The van der Waals surface area contributed by atoms with Gasteiger partial charge in [0.15, 0.2) is 0 Å². The number of hydrogen-bond acceptors (Lipinski definition) is 3. The minimum atomic E-state index is 0.112. The van der Waals surface area contributed by atoms with E-state index < -0.39 is 0 Å². The van der Waals surface area contributed by atoms with Crippen molar-refractivity contribution in [3.8, 4) is 0 Å². The van der Waals surface area contributed by atoms with Gasteiger partial charge in [-0.05, 0) is 42.6 Å². The zero-order chi connectivity index (χ0) is 13.8. The van der Waals surface area contributed by atoms with Crippen molar-refractivity contribution < 1.29 is 0 Å². The lowest BCUT2D eigenvalue weighted by molar-refractivity contribution is 0.688. The van der Waals surface area contributed by atoms with Crippen LogP contribution in [0.2, 0.25) is 0 Å². The van der Waals surface area contributed by atoms with Gasteiger partial charge in [0.1, 0.15) is 5.84 Å². The first-order chi connectivity index (χ1) is 9.08. The van der Waals surface area contributed by atoms with Gasteiger partial charge < -0.3 is 10.6 Å². The summed E-state index contributed by atoms with van der Waals surface area (Å²) in [6.07, 6.45) is 1.04. The standard InChI is InChI=1S/C15H19N3S/c1-11(10-14-4-3-9-19-14)18(2)13-7-5-12(6-8-13)15(16)17/h3-9,11H,10H2,1-2H3,(H3,16,17). The summed E-state index contributed by atoms with van der Waals surface area (Å²) in [7, 11) is 2.10. The van der Waals surface area contributed by atoms with Crippen LogP contribution in [0.3, 0.4) is 0 Å².